The van der Waals surface area contributed by atoms with Gasteiger partial charge in [-0.2, -0.15) is 26.3 Å². The Bertz CT molecular complexity index is 4020. The average molecular weight is 958 g/mol. The van der Waals surface area contributed by atoms with Gasteiger partial charge in [0.05, 0.1) is 51.1 Å². The Morgan fingerprint density at radius 3 is 1.29 bits per heavy atom. The lowest BCUT2D eigenvalue weighted by atomic mass is 9.93. The molecule has 3 nitrogen and oxygen atoms in total. The predicted molar refractivity (Wildman–Crippen MR) is 282 cm³/mol. The third-order valence-electron chi connectivity index (χ3n) is 14.1. The average Bonchev–Trinajstić information content (AvgIpc) is 3.84. The Morgan fingerprint density at radius 1 is 0.375 bits per heavy atom. The molecule has 0 N–H and O–H groups in total. The highest BCUT2D eigenvalue weighted by Crippen LogP contribution is 2.46. The van der Waals surface area contributed by atoms with Crippen molar-refractivity contribution in [3.05, 3.63) is 220 Å². The summed E-state index contributed by atoms with van der Waals surface area (Å²) in [5.74, 6) is 0. The van der Waals surface area contributed by atoms with Gasteiger partial charge in [-0.15, -0.1) is 0 Å². The van der Waals surface area contributed by atoms with E-state index in [1.807, 2.05) is 59.2 Å². The van der Waals surface area contributed by atoms with E-state index in [-0.39, 0.29) is 17.2 Å². The zero-order chi connectivity index (χ0) is 50.5. The summed E-state index contributed by atoms with van der Waals surface area (Å²) in [6.45, 7) is 20.8. The monoisotopic (exact) mass is 957 g/mol. The summed E-state index contributed by atoms with van der Waals surface area (Å²) >= 11 is 0. The van der Waals surface area contributed by atoms with E-state index >= 15 is 0 Å². The molecule has 0 aliphatic carbocycles. The predicted octanol–water partition coefficient (Wildman–Crippen LogP) is 19.0. The molecule has 0 spiro atoms. The van der Waals surface area contributed by atoms with E-state index in [2.05, 4.69) is 118 Å². The highest BCUT2D eigenvalue weighted by atomic mass is 19.4. The fraction of sp³-hybridized carbons (Fsp3) is 0.127. The van der Waals surface area contributed by atoms with Crippen LogP contribution in [0.15, 0.2) is 164 Å². The molecule has 2 aromatic heterocycles. The Hall–Kier alpha value is -8.35. The number of aromatic nitrogens is 2. The molecule has 9 aromatic carbocycles. The van der Waals surface area contributed by atoms with Crippen molar-refractivity contribution in [1.82, 2.24) is 9.13 Å². The van der Waals surface area contributed by atoms with Crippen LogP contribution < -0.4 is 0 Å². The second-order valence-corrected chi connectivity index (χ2v) is 19.1. The van der Waals surface area contributed by atoms with Crippen LogP contribution >= 0.6 is 0 Å². The number of hydrogen-bond donors (Lipinski definition) is 0. The molecule has 0 fully saturated rings. The van der Waals surface area contributed by atoms with Gasteiger partial charge in [0.25, 0.3) is 0 Å². The summed E-state index contributed by atoms with van der Waals surface area (Å²) in [5.41, 5.74) is 14.6. The zero-order valence-electron chi connectivity index (χ0n) is 40.2. The Balaban J connectivity index is 1.22. The number of aryl methyl sites for hydroxylation is 6. The Morgan fingerprint density at radius 2 is 0.819 bits per heavy atom. The van der Waals surface area contributed by atoms with Gasteiger partial charge in [-0.05, 0) is 176 Å². The maximum Gasteiger partial charge on any atom is 0.416 e. The Labute approximate surface area is 412 Å². The summed E-state index contributed by atoms with van der Waals surface area (Å²) in [5, 5.41) is 3.83. The van der Waals surface area contributed by atoms with E-state index < -0.39 is 23.5 Å². The third kappa shape index (κ3) is 7.70. The molecule has 0 atom stereocenters. The van der Waals surface area contributed by atoms with Crippen molar-refractivity contribution in [2.24, 2.45) is 0 Å². The molecule has 11 rings (SSSR count). The van der Waals surface area contributed by atoms with Crippen molar-refractivity contribution in [1.29, 1.82) is 0 Å². The van der Waals surface area contributed by atoms with Crippen molar-refractivity contribution in [3.8, 4) is 55.9 Å². The first-order valence-corrected chi connectivity index (χ1v) is 23.6. The molecule has 354 valence electrons. The number of para-hydroxylation sites is 2. The van der Waals surface area contributed by atoms with Crippen molar-refractivity contribution in [2.75, 3.05) is 0 Å². The minimum atomic E-state index is -5.05. The van der Waals surface area contributed by atoms with E-state index in [0.717, 1.165) is 100 Å². The van der Waals surface area contributed by atoms with Crippen molar-refractivity contribution in [2.45, 2.75) is 53.9 Å². The first-order chi connectivity index (χ1) is 34.4. The minimum absolute atomic E-state index is 0.146. The van der Waals surface area contributed by atoms with Crippen LogP contribution in [0, 0.1) is 48.1 Å². The molecule has 0 saturated heterocycles. The standard InChI is InChI=1S/C63H45F6N3/c1-35-24-37(3)60(38(4)25-35)42-17-21-56-51(30-42)48-12-8-10-14-54(48)71(56)58-23-19-47(70-7)34-53(58)50-20-16-41(44-28-45(62(64,65)66)33-46(29-44)63(67,68)69)32-59(50)72-55-15-11-9-13-49(55)52-31-43(18-22-57(52)72)61-39(5)26-36(2)27-40(61)6/h8-34H,1-6H3. The van der Waals surface area contributed by atoms with E-state index in [1.165, 1.54) is 16.7 Å². The molecule has 0 aliphatic heterocycles. The summed E-state index contributed by atoms with van der Waals surface area (Å²) in [6, 6.07) is 49.6. The van der Waals surface area contributed by atoms with Gasteiger partial charge in [0.2, 0.25) is 0 Å². The number of fused-ring (bicyclic) bond motifs is 6. The number of alkyl halides is 6. The lowest BCUT2D eigenvalue weighted by Crippen LogP contribution is -2.11. The van der Waals surface area contributed by atoms with Crippen LogP contribution in [0.1, 0.15) is 44.5 Å². The fourth-order valence-electron chi connectivity index (χ4n) is 11.3. The van der Waals surface area contributed by atoms with Gasteiger partial charge in [-0.25, -0.2) is 4.85 Å². The molecule has 9 heteroatoms. The molecular formula is C63H45F6N3. The van der Waals surface area contributed by atoms with Gasteiger partial charge in [0.15, 0.2) is 5.69 Å². The smallest absolute Gasteiger partial charge is 0.309 e. The summed E-state index contributed by atoms with van der Waals surface area (Å²) in [7, 11) is 0. The molecule has 0 amide bonds. The summed E-state index contributed by atoms with van der Waals surface area (Å²) < 4.78 is 90.9. The SMILES string of the molecule is [C-]#[N+]c1ccc(-n2c3ccccc3c3cc(-c4c(C)cc(C)cc4C)ccc32)c(-c2ccc(-c3cc(C(F)(F)F)cc(C(F)(F)F)c3)cc2-n2c3ccccc3c3cc(-c4c(C)cc(C)cc4C)ccc32)c1. The third-order valence-corrected chi connectivity index (χ3v) is 14.1. The molecule has 0 bridgehead atoms. The Kier molecular flexibility index (Phi) is 10.8. The number of benzene rings is 9. The van der Waals surface area contributed by atoms with Gasteiger partial charge in [0.1, 0.15) is 0 Å². The quantitative estimate of drug-likeness (QED) is 0.116. The van der Waals surface area contributed by atoms with Crippen LogP contribution in [-0.2, 0) is 12.4 Å². The van der Waals surface area contributed by atoms with Gasteiger partial charge in [0, 0.05) is 27.1 Å². The number of nitrogens with zero attached hydrogens (tertiary/aromatic N) is 3. The molecule has 0 saturated carbocycles. The van der Waals surface area contributed by atoms with Crippen LogP contribution in [-0.4, -0.2) is 9.13 Å². The first-order valence-electron chi connectivity index (χ1n) is 23.6. The minimum Gasteiger partial charge on any atom is -0.309 e. The van der Waals surface area contributed by atoms with Crippen molar-refractivity contribution in [3.63, 3.8) is 0 Å². The second-order valence-electron chi connectivity index (χ2n) is 19.1. The van der Waals surface area contributed by atoms with Crippen LogP contribution in [0.4, 0.5) is 32.0 Å². The first kappa shape index (κ1) is 46.1. The van der Waals surface area contributed by atoms with Crippen LogP contribution in [0.3, 0.4) is 0 Å². The number of halogens is 6. The van der Waals surface area contributed by atoms with E-state index in [9.17, 15) is 26.3 Å². The lowest BCUT2D eigenvalue weighted by molar-refractivity contribution is -0.143. The molecular weight excluding hydrogens is 913 g/mol. The van der Waals surface area contributed by atoms with Gasteiger partial charge in [-0.1, -0.05) is 102 Å². The molecule has 11 aromatic rings. The van der Waals surface area contributed by atoms with Gasteiger partial charge in [-0.3, -0.25) is 0 Å². The van der Waals surface area contributed by atoms with Gasteiger partial charge >= 0.3 is 12.4 Å². The van der Waals surface area contributed by atoms with Crippen LogP contribution in [0.25, 0.3) is 104 Å². The molecule has 0 aliphatic rings. The van der Waals surface area contributed by atoms with Gasteiger partial charge < -0.3 is 9.13 Å². The fourth-order valence-corrected chi connectivity index (χ4v) is 11.3. The van der Waals surface area contributed by atoms with Crippen LogP contribution in [0.5, 0.6) is 0 Å². The number of hydrogen-bond acceptors (Lipinski definition) is 0. The maximum atomic E-state index is 14.4. The van der Waals surface area contributed by atoms with Crippen molar-refractivity contribution >= 4 is 49.3 Å². The summed E-state index contributed by atoms with van der Waals surface area (Å²) in [6.07, 6.45) is -10.1. The van der Waals surface area contributed by atoms with Crippen molar-refractivity contribution < 1.29 is 26.3 Å². The number of rotatable bonds is 6. The van der Waals surface area contributed by atoms with E-state index in [1.54, 1.807) is 24.3 Å². The highest BCUT2D eigenvalue weighted by molar-refractivity contribution is 6.13. The zero-order valence-corrected chi connectivity index (χ0v) is 40.2. The lowest BCUT2D eigenvalue weighted by Gasteiger charge is -2.21. The van der Waals surface area contributed by atoms with E-state index in [4.69, 9.17) is 6.57 Å². The second kappa shape index (κ2) is 16.9. The topological polar surface area (TPSA) is 14.2 Å². The molecule has 2 heterocycles. The normalized spacial score (nSPS) is 12.2. The summed E-state index contributed by atoms with van der Waals surface area (Å²) in [4.78, 5) is 3.87. The van der Waals surface area contributed by atoms with E-state index in [0.29, 0.717) is 22.5 Å². The maximum absolute atomic E-state index is 14.4. The molecule has 0 unspecified atom stereocenters. The molecule has 0 radical (unpaired) electrons. The largest absolute Gasteiger partial charge is 0.416 e. The molecule has 72 heavy (non-hydrogen) atoms. The highest BCUT2D eigenvalue weighted by Gasteiger charge is 2.37. The van der Waals surface area contributed by atoms with Crippen LogP contribution in [0.2, 0.25) is 0 Å².